The molecule has 110 valence electrons. The molecule has 1 aliphatic carbocycles. The van der Waals surface area contributed by atoms with Crippen LogP contribution >= 0.6 is 0 Å². The van der Waals surface area contributed by atoms with Crippen LogP contribution < -0.4 is 0 Å². The van der Waals surface area contributed by atoms with E-state index in [9.17, 15) is 0 Å². The van der Waals surface area contributed by atoms with E-state index in [0.717, 1.165) is 37.7 Å². The van der Waals surface area contributed by atoms with E-state index in [1.54, 1.807) is 0 Å². The molecule has 21 heavy (non-hydrogen) atoms. The lowest BCUT2D eigenvalue weighted by Gasteiger charge is -2.40. The Balaban J connectivity index is 1.60. The van der Waals surface area contributed by atoms with Gasteiger partial charge in [0.05, 0.1) is 12.2 Å². The minimum Gasteiger partial charge on any atom is -0.348 e. The van der Waals surface area contributed by atoms with Crippen molar-refractivity contribution >= 4 is 0 Å². The van der Waals surface area contributed by atoms with Gasteiger partial charge >= 0.3 is 0 Å². The lowest BCUT2D eigenvalue weighted by molar-refractivity contribution is 0.134. The molecule has 2 aliphatic rings. The van der Waals surface area contributed by atoms with Crippen LogP contribution in [0.25, 0.3) is 0 Å². The smallest absolute Gasteiger partial charge is 0.125 e. The number of nitrogens with one attached hydrogen (secondary N) is 1. The number of rotatable bonds is 2. The Morgan fingerprint density at radius 2 is 2.29 bits per heavy atom. The van der Waals surface area contributed by atoms with E-state index < -0.39 is 0 Å². The molecule has 0 radical (unpaired) electrons. The fourth-order valence-electron chi connectivity index (χ4n) is 3.99. The lowest BCUT2D eigenvalue weighted by atomic mass is 9.77. The van der Waals surface area contributed by atoms with Crippen LogP contribution in [0.2, 0.25) is 0 Å². The van der Waals surface area contributed by atoms with E-state index in [0.29, 0.717) is 0 Å². The van der Waals surface area contributed by atoms with Crippen molar-refractivity contribution in [3.8, 4) is 0 Å². The Kier molecular flexibility index (Phi) is 3.03. The zero-order chi connectivity index (χ0) is 14.3. The summed E-state index contributed by atoms with van der Waals surface area (Å²) in [7, 11) is 0. The number of nitrogens with zero attached hydrogens (tertiary/aromatic N) is 4. The second-order valence-corrected chi connectivity index (χ2v) is 6.42. The fourth-order valence-corrected chi connectivity index (χ4v) is 3.99. The van der Waals surface area contributed by atoms with Gasteiger partial charge in [-0.25, -0.2) is 15.0 Å². The molecule has 4 rings (SSSR count). The topological polar surface area (TPSA) is 57.7 Å². The number of aromatic amines is 1. The summed E-state index contributed by atoms with van der Waals surface area (Å²) < 4.78 is 0. The highest BCUT2D eigenvalue weighted by atomic mass is 15.2. The lowest BCUT2D eigenvalue weighted by Crippen LogP contribution is -2.45. The standard InChI is InChI=1S/C16H21N5/c1-12-19-9-13-3-5-16(15(13)20-12)4-2-8-21(11-16)10-14-17-6-7-18-14/h6-7,9H,2-5,8,10-11H2,1H3,(H,17,18). The van der Waals surface area contributed by atoms with Gasteiger partial charge < -0.3 is 4.98 Å². The van der Waals surface area contributed by atoms with Gasteiger partial charge in [-0.1, -0.05) is 0 Å². The summed E-state index contributed by atoms with van der Waals surface area (Å²) in [6, 6.07) is 0. The van der Waals surface area contributed by atoms with Crippen LogP contribution in [0.5, 0.6) is 0 Å². The van der Waals surface area contributed by atoms with E-state index in [2.05, 4.69) is 19.9 Å². The second-order valence-electron chi connectivity index (χ2n) is 6.42. The maximum absolute atomic E-state index is 4.80. The monoisotopic (exact) mass is 283 g/mol. The zero-order valence-corrected chi connectivity index (χ0v) is 12.5. The van der Waals surface area contributed by atoms with E-state index >= 15 is 0 Å². The van der Waals surface area contributed by atoms with Crippen LogP contribution in [0.15, 0.2) is 18.6 Å². The summed E-state index contributed by atoms with van der Waals surface area (Å²) in [5.74, 6) is 1.96. The number of hydrogen-bond donors (Lipinski definition) is 1. The Bertz CT molecular complexity index is 632. The molecule has 5 heteroatoms. The van der Waals surface area contributed by atoms with E-state index in [-0.39, 0.29) is 5.41 Å². The highest BCUT2D eigenvalue weighted by Gasteiger charge is 2.43. The second kappa shape index (κ2) is 4.91. The van der Waals surface area contributed by atoms with Crippen molar-refractivity contribution in [2.75, 3.05) is 13.1 Å². The van der Waals surface area contributed by atoms with Gasteiger partial charge in [-0.05, 0) is 44.7 Å². The van der Waals surface area contributed by atoms with E-state index in [1.165, 1.54) is 30.5 Å². The highest BCUT2D eigenvalue weighted by Crippen LogP contribution is 2.43. The predicted molar refractivity (Wildman–Crippen MR) is 79.9 cm³/mol. The summed E-state index contributed by atoms with van der Waals surface area (Å²) in [6.07, 6.45) is 10.6. The van der Waals surface area contributed by atoms with Crippen LogP contribution in [-0.2, 0) is 18.4 Å². The first-order valence-corrected chi connectivity index (χ1v) is 7.79. The third-order valence-electron chi connectivity index (χ3n) is 4.94. The molecule has 1 saturated heterocycles. The van der Waals surface area contributed by atoms with Gasteiger partial charge in [-0.2, -0.15) is 0 Å². The molecule has 0 amide bonds. The number of piperidine rings is 1. The molecule has 1 spiro atoms. The zero-order valence-electron chi connectivity index (χ0n) is 12.5. The molecule has 1 N–H and O–H groups in total. The van der Waals surface area contributed by atoms with Crippen molar-refractivity contribution in [3.63, 3.8) is 0 Å². The molecule has 5 nitrogen and oxygen atoms in total. The molecule has 2 aromatic rings. The first kappa shape index (κ1) is 13.0. The summed E-state index contributed by atoms with van der Waals surface area (Å²) in [6.45, 7) is 5.16. The Hall–Kier alpha value is -1.75. The number of aromatic nitrogens is 4. The molecule has 1 aliphatic heterocycles. The molecule has 1 unspecified atom stereocenters. The first-order chi connectivity index (χ1) is 10.3. The normalized spacial score (nSPS) is 25.4. The Morgan fingerprint density at radius 1 is 1.33 bits per heavy atom. The van der Waals surface area contributed by atoms with Crippen molar-refractivity contribution in [1.82, 2.24) is 24.8 Å². The van der Waals surface area contributed by atoms with Crippen molar-refractivity contribution in [2.45, 2.75) is 44.6 Å². The number of imidazole rings is 1. The largest absolute Gasteiger partial charge is 0.348 e. The van der Waals surface area contributed by atoms with Crippen LogP contribution in [0, 0.1) is 6.92 Å². The molecule has 0 saturated carbocycles. The predicted octanol–water partition coefficient (Wildman–Crippen LogP) is 1.99. The first-order valence-electron chi connectivity index (χ1n) is 7.79. The van der Waals surface area contributed by atoms with Gasteiger partial charge in [0.25, 0.3) is 0 Å². The van der Waals surface area contributed by atoms with Gasteiger partial charge in [0.1, 0.15) is 11.6 Å². The van der Waals surface area contributed by atoms with Crippen molar-refractivity contribution < 1.29 is 0 Å². The van der Waals surface area contributed by atoms with Gasteiger partial charge in [0, 0.05) is 30.6 Å². The SMILES string of the molecule is Cc1ncc2c(n1)C1(CCCN(Cc3ncc[nH]3)C1)CC2. The quantitative estimate of drug-likeness (QED) is 0.915. The van der Waals surface area contributed by atoms with Crippen molar-refractivity contribution in [3.05, 3.63) is 41.5 Å². The van der Waals surface area contributed by atoms with Gasteiger partial charge in [0.15, 0.2) is 0 Å². The number of fused-ring (bicyclic) bond motifs is 2. The maximum atomic E-state index is 4.80. The van der Waals surface area contributed by atoms with Crippen LogP contribution in [0.4, 0.5) is 0 Å². The fraction of sp³-hybridized carbons (Fsp3) is 0.562. The van der Waals surface area contributed by atoms with Crippen molar-refractivity contribution in [1.29, 1.82) is 0 Å². The Labute approximate surface area is 124 Å². The van der Waals surface area contributed by atoms with Crippen LogP contribution in [0.3, 0.4) is 0 Å². The summed E-state index contributed by atoms with van der Waals surface area (Å²) in [5.41, 5.74) is 2.92. The summed E-state index contributed by atoms with van der Waals surface area (Å²) in [5, 5.41) is 0. The molecule has 2 aromatic heterocycles. The summed E-state index contributed by atoms with van der Waals surface area (Å²) in [4.78, 5) is 19.3. The Morgan fingerprint density at radius 3 is 3.14 bits per heavy atom. The van der Waals surface area contributed by atoms with Crippen LogP contribution in [-0.4, -0.2) is 37.9 Å². The number of aryl methyl sites for hydroxylation is 2. The van der Waals surface area contributed by atoms with Crippen molar-refractivity contribution in [2.24, 2.45) is 0 Å². The number of likely N-dealkylation sites (tertiary alicyclic amines) is 1. The minimum absolute atomic E-state index is 0.244. The molecule has 1 fully saturated rings. The minimum atomic E-state index is 0.244. The molecular formula is C16H21N5. The molecule has 1 atom stereocenters. The number of hydrogen-bond acceptors (Lipinski definition) is 4. The molecule has 3 heterocycles. The third-order valence-corrected chi connectivity index (χ3v) is 4.94. The molecule has 0 bridgehead atoms. The highest BCUT2D eigenvalue weighted by molar-refractivity contribution is 5.33. The maximum Gasteiger partial charge on any atom is 0.125 e. The van der Waals surface area contributed by atoms with Gasteiger partial charge in [0.2, 0.25) is 0 Å². The van der Waals surface area contributed by atoms with Gasteiger partial charge in [-0.15, -0.1) is 0 Å². The number of H-pyrrole nitrogens is 1. The van der Waals surface area contributed by atoms with E-state index in [4.69, 9.17) is 4.98 Å². The summed E-state index contributed by atoms with van der Waals surface area (Å²) >= 11 is 0. The average molecular weight is 283 g/mol. The average Bonchev–Trinajstić information content (AvgIpc) is 3.09. The van der Waals surface area contributed by atoms with E-state index in [1.807, 2.05) is 25.5 Å². The van der Waals surface area contributed by atoms with Gasteiger partial charge in [-0.3, -0.25) is 4.90 Å². The molecular weight excluding hydrogens is 262 g/mol. The third kappa shape index (κ3) is 2.25. The molecule has 0 aromatic carbocycles. The van der Waals surface area contributed by atoms with Crippen LogP contribution in [0.1, 0.15) is 42.2 Å².